The van der Waals surface area contributed by atoms with Gasteiger partial charge in [-0.3, -0.25) is 4.98 Å². The van der Waals surface area contributed by atoms with Crippen molar-refractivity contribution >= 4 is 11.0 Å². The van der Waals surface area contributed by atoms with Crippen LogP contribution in [0.25, 0.3) is 11.0 Å². The summed E-state index contributed by atoms with van der Waals surface area (Å²) in [7, 11) is 0. The van der Waals surface area contributed by atoms with E-state index >= 15 is 0 Å². The molecular weight excluding hydrogens is 246 g/mol. The summed E-state index contributed by atoms with van der Waals surface area (Å²) in [6, 6.07) is 12.4. The highest BCUT2D eigenvalue weighted by molar-refractivity contribution is 5.76. The van der Waals surface area contributed by atoms with Gasteiger partial charge < -0.3 is 4.57 Å². The Morgan fingerprint density at radius 2 is 1.85 bits per heavy atom. The molecule has 3 heteroatoms. The molecule has 0 atom stereocenters. The summed E-state index contributed by atoms with van der Waals surface area (Å²) in [5, 5.41) is 0. The van der Waals surface area contributed by atoms with Crippen LogP contribution >= 0.6 is 0 Å². The van der Waals surface area contributed by atoms with Gasteiger partial charge >= 0.3 is 0 Å². The molecule has 2 heterocycles. The van der Waals surface area contributed by atoms with Gasteiger partial charge in [-0.2, -0.15) is 0 Å². The van der Waals surface area contributed by atoms with Crippen LogP contribution in [-0.4, -0.2) is 14.5 Å². The summed E-state index contributed by atoms with van der Waals surface area (Å²) in [5.74, 6) is 1.09. The standard InChI is InChI=1S/C17H19N3/c1-17(2,3)20-15-9-5-4-8-14(15)19-16(20)11-13-7-6-10-18-12-13/h4-10,12H,11H2,1-3H3. The number of rotatable bonds is 2. The predicted molar refractivity (Wildman–Crippen MR) is 81.8 cm³/mol. The van der Waals surface area contributed by atoms with E-state index in [1.807, 2.05) is 18.3 Å². The second-order valence-electron chi connectivity index (χ2n) is 6.06. The monoisotopic (exact) mass is 265 g/mol. The van der Waals surface area contributed by atoms with Crippen molar-refractivity contribution in [3.05, 3.63) is 60.2 Å². The van der Waals surface area contributed by atoms with E-state index in [2.05, 4.69) is 54.6 Å². The summed E-state index contributed by atoms with van der Waals surface area (Å²) < 4.78 is 2.33. The Labute approximate surface area is 119 Å². The number of hydrogen-bond donors (Lipinski definition) is 0. The minimum atomic E-state index is 0.00758. The maximum absolute atomic E-state index is 4.81. The molecule has 3 nitrogen and oxygen atoms in total. The van der Waals surface area contributed by atoms with Crippen molar-refractivity contribution in [1.29, 1.82) is 0 Å². The normalized spacial score (nSPS) is 11.9. The highest BCUT2D eigenvalue weighted by Gasteiger charge is 2.21. The number of pyridine rings is 1. The largest absolute Gasteiger partial charge is 0.322 e. The molecule has 0 unspecified atom stereocenters. The lowest BCUT2D eigenvalue weighted by Gasteiger charge is -2.24. The molecule has 102 valence electrons. The van der Waals surface area contributed by atoms with Gasteiger partial charge in [0.2, 0.25) is 0 Å². The summed E-state index contributed by atoms with van der Waals surface area (Å²) >= 11 is 0. The number of fused-ring (bicyclic) bond motifs is 1. The van der Waals surface area contributed by atoms with Crippen molar-refractivity contribution < 1.29 is 0 Å². The fraction of sp³-hybridized carbons (Fsp3) is 0.294. The number of aromatic nitrogens is 3. The average Bonchev–Trinajstić information content (AvgIpc) is 2.77. The van der Waals surface area contributed by atoms with E-state index in [-0.39, 0.29) is 5.54 Å². The number of benzene rings is 1. The molecule has 3 rings (SSSR count). The first-order valence-corrected chi connectivity index (χ1v) is 6.91. The number of hydrogen-bond acceptors (Lipinski definition) is 2. The molecule has 0 bridgehead atoms. The van der Waals surface area contributed by atoms with E-state index in [0.717, 1.165) is 17.8 Å². The lowest BCUT2D eigenvalue weighted by atomic mass is 10.1. The lowest BCUT2D eigenvalue weighted by Crippen LogP contribution is -2.24. The molecule has 0 fully saturated rings. The molecule has 0 amide bonds. The fourth-order valence-electron chi connectivity index (χ4n) is 2.63. The second kappa shape index (κ2) is 4.75. The molecule has 0 aliphatic rings. The lowest BCUT2D eigenvalue weighted by molar-refractivity contribution is 0.396. The van der Waals surface area contributed by atoms with Crippen LogP contribution in [0.2, 0.25) is 0 Å². The molecule has 20 heavy (non-hydrogen) atoms. The first-order valence-electron chi connectivity index (χ1n) is 6.91. The van der Waals surface area contributed by atoms with Crippen LogP contribution in [0, 0.1) is 0 Å². The smallest absolute Gasteiger partial charge is 0.114 e. The van der Waals surface area contributed by atoms with Gasteiger partial charge in [-0.15, -0.1) is 0 Å². The van der Waals surface area contributed by atoms with Crippen molar-refractivity contribution in [1.82, 2.24) is 14.5 Å². The van der Waals surface area contributed by atoms with E-state index in [4.69, 9.17) is 4.98 Å². The van der Waals surface area contributed by atoms with Gasteiger partial charge in [0.25, 0.3) is 0 Å². The van der Waals surface area contributed by atoms with Crippen LogP contribution in [-0.2, 0) is 12.0 Å². The Balaban J connectivity index is 2.15. The molecule has 2 aromatic heterocycles. The molecule has 3 aromatic rings. The van der Waals surface area contributed by atoms with Gasteiger partial charge in [0, 0.05) is 24.4 Å². The van der Waals surface area contributed by atoms with Crippen LogP contribution < -0.4 is 0 Å². The third kappa shape index (κ3) is 2.31. The number of para-hydroxylation sites is 2. The van der Waals surface area contributed by atoms with E-state index in [0.29, 0.717) is 0 Å². The number of imidazole rings is 1. The third-order valence-corrected chi connectivity index (χ3v) is 3.39. The van der Waals surface area contributed by atoms with E-state index in [9.17, 15) is 0 Å². The van der Waals surface area contributed by atoms with Crippen LogP contribution in [0.4, 0.5) is 0 Å². The Morgan fingerprint density at radius 1 is 1.05 bits per heavy atom. The van der Waals surface area contributed by atoms with Crippen LogP contribution in [0.1, 0.15) is 32.2 Å². The van der Waals surface area contributed by atoms with E-state index < -0.39 is 0 Å². The molecule has 0 N–H and O–H groups in total. The first kappa shape index (κ1) is 12.9. The summed E-state index contributed by atoms with van der Waals surface area (Å²) in [6.45, 7) is 6.65. The molecular formula is C17H19N3. The molecule has 0 radical (unpaired) electrons. The highest BCUT2D eigenvalue weighted by atomic mass is 15.1. The zero-order valence-electron chi connectivity index (χ0n) is 12.2. The molecule has 0 aliphatic carbocycles. The third-order valence-electron chi connectivity index (χ3n) is 3.39. The van der Waals surface area contributed by atoms with Gasteiger partial charge in [0.1, 0.15) is 5.82 Å². The Hall–Kier alpha value is -2.16. The Morgan fingerprint density at radius 3 is 2.55 bits per heavy atom. The Bertz CT molecular complexity index is 721. The molecule has 0 saturated carbocycles. The van der Waals surface area contributed by atoms with Crippen molar-refractivity contribution in [2.24, 2.45) is 0 Å². The average molecular weight is 265 g/mol. The van der Waals surface area contributed by atoms with Crippen molar-refractivity contribution in [3.63, 3.8) is 0 Å². The van der Waals surface area contributed by atoms with Crippen LogP contribution in [0.3, 0.4) is 0 Å². The van der Waals surface area contributed by atoms with Gasteiger partial charge in [0.05, 0.1) is 11.0 Å². The Kier molecular flexibility index (Phi) is 3.05. The zero-order valence-corrected chi connectivity index (χ0v) is 12.2. The first-order chi connectivity index (χ1) is 9.55. The molecule has 1 aromatic carbocycles. The van der Waals surface area contributed by atoms with E-state index in [1.54, 1.807) is 6.20 Å². The summed E-state index contributed by atoms with van der Waals surface area (Å²) in [6.07, 6.45) is 4.52. The van der Waals surface area contributed by atoms with Gasteiger partial charge in [-0.25, -0.2) is 4.98 Å². The SMILES string of the molecule is CC(C)(C)n1c(Cc2cccnc2)nc2ccccc21. The maximum atomic E-state index is 4.81. The van der Waals surface area contributed by atoms with Crippen molar-refractivity contribution in [2.75, 3.05) is 0 Å². The highest BCUT2D eigenvalue weighted by Crippen LogP contribution is 2.26. The van der Waals surface area contributed by atoms with Gasteiger partial charge in [-0.1, -0.05) is 18.2 Å². The summed E-state index contributed by atoms with van der Waals surface area (Å²) in [4.78, 5) is 9.00. The zero-order chi connectivity index (χ0) is 14.2. The van der Waals surface area contributed by atoms with E-state index in [1.165, 1.54) is 11.1 Å². The van der Waals surface area contributed by atoms with Gasteiger partial charge in [0.15, 0.2) is 0 Å². The van der Waals surface area contributed by atoms with Gasteiger partial charge in [-0.05, 0) is 44.5 Å². The molecule has 0 saturated heterocycles. The topological polar surface area (TPSA) is 30.7 Å². The molecule has 0 aliphatic heterocycles. The van der Waals surface area contributed by atoms with Crippen molar-refractivity contribution in [3.8, 4) is 0 Å². The number of nitrogens with zero attached hydrogens (tertiary/aromatic N) is 3. The van der Waals surface area contributed by atoms with Crippen LogP contribution in [0.15, 0.2) is 48.8 Å². The quantitative estimate of drug-likeness (QED) is 0.706. The van der Waals surface area contributed by atoms with Crippen LogP contribution in [0.5, 0.6) is 0 Å². The second-order valence-corrected chi connectivity index (χ2v) is 6.06. The minimum Gasteiger partial charge on any atom is -0.322 e. The fourth-order valence-corrected chi connectivity index (χ4v) is 2.63. The minimum absolute atomic E-state index is 0.00758. The summed E-state index contributed by atoms with van der Waals surface area (Å²) in [5.41, 5.74) is 3.45. The molecule has 0 spiro atoms. The predicted octanol–water partition coefficient (Wildman–Crippen LogP) is 3.78. The maximum Gasteiger partial charge on any atom is 0.114 e. The van der Waals surface area contributed by atoms with Crippen molar-refractivity contribution in [2.45, 2.75) is 32.7 Å².